The summed E-state index contributed by atoms with van der Waals surface area (Å²) in [6.45, 7) is 0. The third kappa shape index (κ3) is 3.12. The number of ether oxygens (including phenoxy) is 1. The van der Waals surface area contributed by atoms with Gasteiger partial charge in [-0.25, -0.2) is 0 Å². The Kier molecular flexibility index (Phi) is 3.72. The molecule has 0 unspecified atom stereocenters. The van der Waals surface area contributed by atoms with Crippen LogP contribution < -0.4 is 4.74 Å². The molecule has 0 spiro atoms. The van der Waals surface area contributed by atoms with E-state index in [-0.39, 0.29) is 12.2 Å². The van der Waals surface area contributed by atoms with Crippen LogP contribution in [0.4, 0.5) is 17.6 Å². The van der Waals surface area contributed by atoms with E-state index in [9.17, 15) is 17.6 Å². The summed E-state index contributed by atoms with van der Waals surface area (Å²) in [6.07, 6.45) is -8.27. The highest BCUT2D eigenvalue weighted by molar-refractivity contribution is 5.28. The van der Waals surface area contributed by atoms with Gasteiger partial charge in [-0.15, -0.1) is 0 Å². The Morgan fingerprint density at radius 3 is 2.25 bits per heavy atom. The van der Waals surface area contributed by atoms with Crippen molar-refractivity contribution in [1.82, 2.24) is 0 Å². The fraction of sp³-hybridized carbons (Fsp3) is 0.300. The van der Waals surface area contributed by atoms with Crippen LogP contribution in [0.1, 0.15) is 5.56 Å². The van der Waals surface area contributed by atoms with Crippen LogP contribution >= 0.6 is 0 Å². The van der Waals surface area contributed by atoms with Crippen LogP contribution in [0.3, 0.4) is 0 Å². The molecule has 16 heavy (non-hydrogen) atoms. The maximum absolute atomic E-state index is 12.5. The smallest absolute Gasteiger partial charge is 0.428 e. The molecule has 86 valence electrons. The van der Waals surface area contributed by atoms with Crippen molar-refractivity contribution in [2.24, 2.45) is 0 Å². The first kappa shape index (κ1) is 12.3. The molecule has 0 fully saturated rings. The highest BCUT2D eigenvalue weighted by Crippen LogP contribution is 2.27. The lowest BCUT2D eigenvalue weighted by molar-refractivity contribution is -0.253. The molecule has 0 atom stereocenters. The second-order valence-electron chi connectivity index (χ2n) is 2.94. The molecule has 0 aliphatic rings. The summed E-state index contributed by atoms with van der Waals surface area (Å²) in [5, 5.41) is 8.35. The maximum Gasteiger partial charge on any atom is 0.461 e. The average molecular weight is 233 g/mol. The van der Waals surface area contributed by atoms with Gasteiger partial charge in [-0.2, -0.15) is 22.8 Å². The summed E-state index contributed by atoms with van der Waals surface area (Å²) in [5.41, 5.74) is 0.593. The molecule has 1 aromatic rings. The number of hydrogen-bond donors (Lipinski definition) is 0. The Labute approximate surface area is 89.1 Å². The summed E-state index contributed by atoms with van der Waals surface area (Å²) < 4.78 is 52.3. The van der Waals surface area contributed by atoms with Crippen LogP contribution in [0.5, 0.6) is 5.75 Å². The molecule has 2 nitrogen and oxygen atoms in total. The van der Waals surface area contributed by atoms with Gasteiger partial charge in [0.05, 0.1) is 12.5 Å². The predicted molar refractivity (Wildman–Crippen MR) is 47.3 cm³/mol. The topological polar surface area (TPSA) is 33.0 Å². The van der Waals surface area contributed by atoms with Crippen molar-refractivity contribution < 1.29 is 22.3 Å². The van der Waals surface area contributed by atoms with Gasteiger partial charge in [0.2, 0.25) is 0 Å². The fourth-order valence-electron chi connectivity index (χ4n) is 0.968. The van der Waals surface area contributed by atoms with Crippen molar-refractivity contribution in [3.05, 3.63) is 29.8 Å². The van der Waals surface area contributed by atoms with Gasteiger partial charge < -0.3 is 4.74 Å². The normalized spacial score (nSPS) is 11.2. The molecule has 0 bridgehead atoms. The first-order valence-electron chi connectivity index (χ1n) is 4.26. The minimum absolute atomic E-state index is 0.117. The van der Waals surface area contributed by atoms with E-state index in [1.54, 1.807) is 0 Å². The highest BCUT2D eigenvalue weighted by Gasteiger charge is 2.43. The zero-order chi connectivity index (χ0) is 12.2. The number of nitrogens with zero attached hydrogens (tertiary/aromatic N) is 1. The van der Waals surface area contributed by atoms with Gasteiger partial charge in [0.1, 0.15) is 5.75 Å². The van der Waals surface area contributed by atoms with Crippen LogP contribution in [0.15, 0.2) is 24.3 Å². The van der Waals surface area contributed by atoms with Crippen LogP contribution in [0, 0.1) is 11.3 Å². The van der Waals surface area contributed by atoms with Gasteiger partial charge in [-0.05, 0) is 17.7 Å². The molecule has 0 heterocycles. The minimum Gasteiger partial charge on any atom is -0.428 e. The first-order chi connectivity index (χ1) is 7.45. The zero-order valence-electron chi connectivity index (χ0n) is 7.96. The molecule has 0 amide bonds. The predicted octanol–water partition coefficient (Wildman–Crippen LogP) is 2.99. The SMILES string of the molecule is N#CCc1ccc(OC(F)(F)C(F)F)cc1. The lowest BCUT2D eigenvalue weighted by Gasteiger charge is -2.16. The minimum atomic E-state index is -4.50. The van der Waals surface area contributed by atoms with Gasteiger partial charge in [0, 0.05) is 0 Å². The van der Waals surface area contributed by atoms with Crippen molar-refractivity contribution in [3.63, 3.8) is 0 Å². The number of rotatable bonds is 4. The number of hydrogen-bond acceptors (Lipinski definition) is 2. The molecule has 0 aliphatic carbocycles. The monoisotopic (exact) mass is 233 g/mol. The summed E-state index contributed by atoms with van der Waals surface area (Å²) in [7, 11) is 0. The fourth-order valence-corrected chi connectivity index (χ4v) is 0.968. The molecule has 0 saturated carbocycles. The molecule has 6 heteroatoms. The van der Waals surface area contributed by atoms with Crippen molar-refractivity contribution in [2.45, 2.75) is 19.0 Å². The molecule has 0 N–H and O–H groups in total. The first-order valence-corrected chi connectivity index (χ1v) is 4.26. The Morgan fingerprint density at radius 1 is 1.25 bits per heavy atom. The van der Waals surface area contributed by atoms with E-state index in [1.807, 2.05) is 6.07 Å². The quantitative estimate of drug-likeness (QED) is 0.749. The van der Waals surface area contributed by atoms with Gasteiger partial charge in [0.15, 0.2) is 0 Å². The molecule has 1 aromatic carbocycles. The van der Waals surface area contributed by atoms with Crippen LogP contribution in [0.25, 0.3) is 0 Å². The summed E-state index contributed by atoms with van der Waals surface area (Å²) in [6, 6.07) is 6.81. The average Bonchev–Trinajstić information content (AvgIpc) is 2.21. The number of benzene rings is 1. The van der Waals surface area contributed by atoms with E-state index < -0.39 is 12.5 Å². The van der Waals surface area contributed by atoms with Gasteiger partial charge >= 0.3 is 12.5 Å². The number of alkyl halides is 4. The molecule has 0 aliphatic heterocycles. The summed E-state index contributed by atoms with van der Waals surface area (Å²) in [4.78, 5) is 0. The van der Waals surface area contributed by atoms with Gasteiger partial charge in [-0.3, -0.25) is 0 Å². The van der Waals surface area contributed by atoms with E-state index in [0.717, 1.165) is 12.1 Å². The second kappa shape index (κ2) is 4.84. The van der Waals surface area contributed by atoms with Crippen molar-refractivity contribution in [3.8, 4) is 11.8 Å². The Balaban J connectivity index is 2.73. The van der Waals surface area contributed by atoms with Crippen LogP contribution in [-0.4, -0.2) is 12.5 Å². The lowest BCUT2D eigenvalue weighted by atomic mass is 10.2. The molecular weight excluding hydrogens is 226 g/mol. The number of halogens is 4. The zero-order valence-corrected chi connectivity index (χ0v) is 7.96. The van der Waals surface area contributed by atoms with Crippen molar-refractivity contribution in [1.29, 1.82) is 5.26 Å². The third-order valence-corrected chi connectivity index (χ3v) is 1.71. The summed E-state index contributed by atoms with van der Waals surface area (Å²) in [5.74, 6) is -0.369. The van der Waals surface area contributed by atoms with Crippen LogP contribution in [-0.2, 0) is 6.42 Å². The summed E-state index contributed by atoms with van der Waals surface area (Å²) >= 11 is 0. The third-order valence-electron chi connectivity index (χ3n) is 1.71. The Hall–Kier alpha value is -1.77. The molecule has 0 saturated heterocycles. The second-order valence-corrected chi connectivity index (χ2v) is 2.94. The van der Waals surface area contributed by atoms with Crippen molar-refractivity contribution >= 4 is 0 Å². The van der Waals surface area contributed by atoms with Gasteiger partial charge in [0.25, 0.3) is 0 Å². The number of nitriles is 1. The van der Waals surface area contributed by atoms with Crippen LogP contribution in [0.2, 0.25) is 0 Å². The van der Waals surface area contributed by atoms with E-state index in [1.165, 1.54) is 12.1 Å². The van der Waals surface area contributed by atoms with E-state index in [0.29, 0.717) is 5.56 Å². The van der Waals surface area contributed by atoms with E-state index in [2.05, 4.69) is 4.74 Å². The highest BCUT2D eigenvalue weighted by atomic mass is 19.3. The molecular formula is C10H7F4NO. The van der Waals surface area contributed by atoms with Gasteiger partial charge in [-0.1, -0.05) is 12.1 Å². The Bertz CT molecular complexity index is 383. The standard InChI is InChI=1S/C10H7F4NO/c11-9(12)10(13,14)16-8-3-1-7(2-4-8)5-6-15/h1-4,9H,5H2. The maximum atomic E-state index is 12.5. The molecule has 0 aromatic heterocycles. The largest absolute Gasteiger partial charge is 0.461 e. The Morgan fingerprint density at radius 2 is 1.81 bits per heavy atom. The molecule has 1 rings (SSSR count). The molecule has 0 radical (unpaired) electrons. The van der Waals surface area contributed by atoms with E-state index >= 15 is 0 Å². The van der Waals surface area contributed by atoms with E-state index in [4.69, 9.17) is 5.26 Å². The lowest BCUT2D eigenvalue weighted by Crippen LogP contribution is -2.33. The van der Waals surface area contributed by atoms with Crippen molar-refractivity contribution in [2.75, 3.05) is 0 Å².